The van der Waals surface area contributed by atoms with E-state index in [4.69, 9.17) is 16.3 Å². The molecule has 0 spiro atoms. The first-order valence-corrected chi connectivity index (χ1v) is 13.1. The zero-order chi connectivity index (χ0) is 27.5. The Labute approximate surface area is 221 Å². The minimum atomic E-state index is -4.46. The molecular formula is C26H28ClN3O6S. The number of nitrogens with one attached hydrogen (secondary N) is 1. The Hall–Kier alpha value is -3.63. The van der Waals surface area contributed by atoms with Crippen molar-refractivity contribution in [2.75, 3.05) is 18.0 Å². The largest absolute Gasteiger partial charge is 0.495 e. The van der Waals surface area contributed by atoms with Gasteiger partial charge in [0.1, 0.15) is 12.3 Å². The van der Waals surface area contributed by atoms with E-state index >= 15 is 0 Å². The van der Waals surface area contributed by atoms with Crippen LogP contribution in [0.5, 0.6) is 5.75 Å². The number of hydrogen-bond acceptors (Lipinski definition) is 6. The van der Waals surface area contributed by atoms with Gasteiger partial charge in [-0.1, -0.05) is 41.4 Å². The van der Waals surface area contributed by atoms with E-state index in [1.54, 1.807) is 0 Å². The summed E-state index contributed by atoms with van der Waals surface area (Å²) in [6.07, 6.45) is 0. The molecule has 0 aliphatic heterocycles. The van der Waals surface area contributed by atoms with Gasteiger partial charge in [0, 0.05) is 16.7 Å². The number of methoxy groups -OCH3 is 1. The molecular weight excluding hydrogens is 518 g/mol. The number of amides is 1. The van der Waals surface area contributed by atoms with Crippen molar-refractivity contribution in [3.63, 3.8) is 0 Å². The van der Waals surface area contributed by atoms with Crippen molar-refractivity contribution in [2.24, 2.45) is 0 Å². The fourth-order valence-corrected chi connectivity index (χ4v) is 5.56. The number of ether oxygens (including phenoxy) is 1. The van der Waals surface area contributed by atoms with Crippen LogP contribution in [0.3, 0.4) is 0 Å². The molecule has 3 rings (SSSR count). The third-order valence-corrected chi connectivity index (χ3v) is 7.93. The third-order valence-electron chi connectivity index (χ3n) is 5.94. The molecule has 0 aliphatic rings. The number of nitro benzene ring substituents is 1. The van der Waals surface area contributed by atoms with Crippen LogP contribution in [0.25, 0.3) is 0 Å². The molecule has 1 amide bonds. The van der Waals surface area contributed by atoms with E-state index in [1.807, 2.05) is 39.0 Å². The molecule has 0 fully saturated rings. The van der Waals surface area contributed by atoms with Crippen LogP contribution in [0, 0.1) is 30.9 Å². The molecule has 1 atom stereocenters. The Morgan fingerprint density at radius 2 is 1.76 bits per heavy atom. The van der Waals surface area contributed by atoms with Gasteiger partial charge in [0.05, 0.1) is 28.7 Å². The van der Waals surface area contributed by atoms with E-state index in [0.717, 1.165) is 27.1 Å². The lowest BCUT2D eigenvalue weighted by Gasteiger charge is -2.27. The number of halogens is 1. The van der Waals surface area contributed by atoms with E-state index in [2.05, 4.69) is 5.32 Å². The average molecular weight is 546 g/mol. The van der Waals surface area contributed by atoms with Crippen LogP contribution >= 0.6 is 11.6 Å². The van der Waals surface area contributed by atoms with Gasteiger partial charge in [-0.25, -0.2) is 8.42 Å². The molecule has 0 saturated heterocycles. The number of sulfonamides is 1. The highest BCUT2D eigenvalue weighted by Crippen LogP contribution is 2.36. The van der Waals surface area contributed by atoms with Crippen LogP contribution < -0.4 is 14.4 Å². The first-order chi connectivity index (χ1) is 17.3. The molecule has 0 heterocycles. The van der Waals surface area contributed by atoms with Crippen molar-refractivity contribution in [2.45, 2.75) is 38.6 Å². The average Bonchev–Trinajstić information content (AvgIpc) is 2.83. The zero-order valence-electron chi connectivity index (χ0n) is 21.1. The molecule has 37 heavy (non-hydrogen) atoms. The Morgan fingerprint density at radius 1 is 1.08 bits per heavy atom. The minimum Gasteiger partial charge on any atom is -0.495 e. The van der Waals surface area contributed by atoms with Gasteiger partial charge >= 0.3 is 0 Å². The molecule has 0 aromatic heterocycles. The van der Waals surface area contributed by atoms with E-state index in [1.165, 1.54) is 44.4 Å². The monoisotopic (exact) mass is 545 g/mol. The predicted octanol–water partition coefficient (Wildman–Crippen LogP) is 5.25. The van der Waals surface area contributed by atoms with Crippen LogP contribution in [0.2, 0.25) is 5.02 Å². The number of carbonyl (C=O) groups is 1. The molecule has 3 aromatic rings. The third kappa shape index (κ3) is 6.20. The van der Waals surface area contributed by atoms with E-state index in [0.29, 0.717) is 5.56 Å². The van der Waals surface area contributed by atoms with Gasteiger partial charge in [-0.15, -0.1) is 0 Å². The SMILES string of the molecule is COc1ccc(Cl)cc1N(CC(=O)NC(C)c1cc(C)ccc1C)S(=O)(=O)c1ccc(C)c([N+](=O)[O-])c1. The number of carbonyl (C=O) groups excluding carboxylic acids is 1. The topological polar surface area (TPSA) is 119 Å². The maximum absolute atomic E-state index is 13.8. The highest BCUT2D eigenvalue weighted by Gasteiger charge is 2.32. The lowest BCUT2D eigenvalue weighted by molar-refractivity contribution is -0.385. The maximum Gasteiger partial charge on any atom is 0.273 e. The second-order valence-corrected chi connectivity index (χ2v) is 11.0. The normalized spacial score (nSPS) is 12.1. The summed E-state index contributed by atoms with van der Waals surface area (Å²) in [6.45, 7) is 6.57. The van der Waals surface area contributed by atoms with Gasteiger partial charge in [0.15, 0.2) is 0 Å². The van der Waals surface area contributed by atoms with E-state index in [-0.39, 0.29) is 27.0 Å². The number of hydrogen-bond donors (Lipinski definition) is 1. The molecule has 0 saturated carbocycles. The molecule has 0 radical (unpaired) electrons. The standard InChI is InChI=1S/C26H28ClN3O6S/c1-16-6-7-17(2)22(12-16)19(4)28-26(31)15-29(24-13-20(27)9-11-25(24)36-5)37(34,35)21-10-8-18(3)23(14-21)30(32)33/h6-14,19H,15H2,1-5H3,(H,28,31). The summed E-state index contributed by atoms with van der Waals surface area (Å²) < 4.78 is 33.8. The smallest absolute Gasteiger partial charge is 0.273 e. The molecule has 9 nitrogen and oxygen atoms in total. The van der Waals surface area contributed by atoms with Crippen molar-refractivity contribution < 1.29 is 22.9 Å². The summed E-state index contributed by atoms with van der Waals surface area (Å²) in [7, 11) is -3.10. The van der Waals surface area contributed by atoms with E-state index in [9.17, 15) is 23.3 Å². The zero-order valence-corrected chi connectivity index (χ0v) is 22.7. The number of benzene rings is 3. The lowest BCUT2D eigenvalue weighted by atomic mass is 10.00. The fraction of sp³-hybridized carbons (Fsp3) is 0.269. The van der Waals surface area contributed by atoms with Crippen molar-refractivity contribution in [3.05, 3.63) is 92.0 Å². The Morgan fingerprint density at radius 3 is 2.41 bits per heavy atom. The minimum absolute atomic E-state index is 0.0211. The molecule has 0 bridgehead atoms. The van der Waals surface area contributed by atoms with Crippen LogP contribution in [0.15, 0.2) is 59.5 Å². The Kier molecular flexibility index (Phi) is 8.45. The summed E-state index contributed by atoms with van der Waals surface area (Å²) in [6, 6.07) is 13.4. The molecule has 0 aliphatic carbocycles. The van der Waals surface area contributed by atoms with Crippen molar-refractivity contribution in [1.29, 1.82) is 0 Å². The molecule has 3 aromatic carbocycles. The predicted molar refractivity (Wildman–Crippen MR) is 143 cm³/mol. The summed E-state index contributed by atoms with van der Waals surface area (Å²) >= 11 is 6.17. The Balaban J connectivity index is 2.06. The number of aryl methyl sites for hydroxylation is 3. The summed E-state index contributed by atoms with van der Waals surface area (Å²) in [5.41, 5.74) is 2.87. The highest BCUT2D eigenvalue weighted by molar-refractivity contribution is 7.92. The van der Waals surface area contributed by atoms with Crippen molar-refractivity contribution >= 4 is 38.9 Å². The first-order valence-electron chi connectivity index (χ1n) is 11.3. The second-order valence-electron chi connectivity index (χ2n) is 8.68. The molecule has 1 N–H and O–H groups in total. The number of anilines is 1. The van der Waals surface area contributed by atoms with Crippen molar-refractivity contribution in [3.8, 4) is 5.75 Å². The van der Waals surface area contributed by atoms with Gasteiger partial charge in [-0.3, -0.25) is 19.2 Å². The number of rotatable bonds is 9. The van der Waals surface area contributed by atoms with Gasteiger partial charge in [-0.2, -0.15) is 0 Å². The Bertz CT molecular complexity index is 1460. The van der Waals surface area contributed by atoms with Crippen LogP contribution in [0.4, 0.5) is 11.4 Å². The van der Waals surface area contributed by atoms with Gasteiger partial charge in [0.25, 0.3) is 15.7 Å². The first kappa shape index (κ1) is 27.9. The molecule has 11 heteroatoms. The summed E-state index contributed by atoms with van der Waals surface area (Å²) in [5, 5.41) is 14.5. The lowest BCUT2D eigenvalue weighted by Crippen LogP contribution is -2.42. The number of nitro groups is 1. The van der Waals surface area contributed by atoms with Crippen LogP contribution in [-0.2, 0) is 14.8 Å². The number of nitrogens with zero attached hydrogens (tertiary/aromatic N) is 2. The van der Waals surface area contributed by atoms with Crippen molar-refractivity contribution in [1.82, 2.24) is 5.32 Å². The summed E-state index contributed by atoms with van der Waals surface area (Å²) in [5.74, 6) is -0.425. The molecule has 196 valence electrons. The van der Waals surface area contributed by atoms with Crippen LogP contribution in [-0.4, -0.2) is 32.9 Å². The van der Waals surface area contributed by atoms with Gasteiger partial charge in [-0.05, 0) is 63.1 Å². The second kappa shape index (κ2) is 11.2. The molecule has 1 unspecified atom stereocenters. The maximum atomic E-state index is 13.8. The van der Waals surface area contributed by atoms with Crippen LogP contribution in [0.1, 0.15) is 35.2 Å². The fourth-order valence-electron chi connectivity index (χ4n) is 3.95. The quantitative estimate of drug-likeness (QED) is 0.289. The van der Waals surface area contributed by atoms with Gasteiger partial charge < -0.3 is 10.1 Å². The van der Waals surface area contributed by atoms with Gasteiger partial charge in [0.2, 0.25) is 5.91 Å². The highest BCUT2D eigenvalue weighted by atomic mass is 35.5. The van der Waals surface area contributed by atoms with E-state index < -0.39 is 33.4 Å². The summed E-state index contributed by atoms with van der Waals surface area (Å²) in [4.78, 5) is 23.7.